The molecule has 0 radical (unpaired) electrons. The molecule has 0 aliphatic heterocycles. The molecule has 0 saturated heterocycles. The van der Waals surface area contributed by atoms with Crippen molar-refractivity contribution < 1.29 is 4.92 Å². The highest BCUT2D eigenvalue weighted by Gasteiger charge is 2.19. The Balaban J connectivity index is 3.22. The Labute approximate surface area is 98.0 Å². The molecule has 0 fully saturated rings. The monoisotopic (exact) mass is 239 g/mol. The molecule has 0 heterocycles. The van der Waals surface area contributed by atoms with Gasteiger partial charge in [-0.3, -0.25) is 15.0 Å². The molecule has 6 heteroatoms. The minimum atomic E-state index is -0.560. The van der Waals surface area contributed by atoms with Crippen molar-refractivity contribution in [2.45, 2.75) is 6.04 Å². The third-order valence-corrected chi connectivity index (χ3v) is 2.44. The minimum Gasteiger partial charge on any atom is -0.291 e. The van der Waals surface area contributed by atoms with Crippen LogP contribution in [0.5, 0.6) is 0 Å². The number of rotatable bonds is 3. The first-order valence-electron chi connectivity index (χ1n) is 4.47. The van der Waals surface area contributed by atoms with Crippen LogP contribution in [0.3, 0.4) is 0 Å². The second kappa shape index (κ2) is 4.92. The summed E-state index contributed by atoms with van der Waals surface area (Å²) in [6.45, 7) is 0. The topological polar surface area (TPSA) is 70.2 Å². The third kappa shape index (κ3) is 2.48. The molecule has 1 unspecified atom stereocenters. The summed E-state index contributed by atoms with van der Waals surface area (Å²) in [5.74, 6) is 0. The molecule has 0 saturated carbocycles. The molecule has 5 nitrogen and oxygen atoms in total. The van der Waals surface area contributed by atoms with Crippen molar-refractivity contribution >= 4 is 17.3 Å². The van der Waals surface area contributed by atoms with Gasteiger partial charge in [0.25, 0.3) is 5.69 Å². The van der Waals surface area contributed by atoms with Crippen LogP contribution in [-0.2, 0) is 0 Å². The predicted molar refractivity (Wildman–Crippen MR) is 60.1 cm³/mol. The zero-order valence-corrected chi connectivity index (χ0v) is 9.60. The summed E-state index contributed by atoms with van der Waals surface area (Å²) >= 11 is 5.68. The fourth-order valence-electron chi connectivity index (χ4n) is 1.33. The molecular formula is C10H10ClN3O2. The van der Waals surface area contributed by atoms with E-state index in [-0.39, 0.29) is 10.7 Å². The molecule has 1 atom stereocenters. The van der Waals surface area contributed by atoms with Gasteiger partial charge in [-0.05, 0) is 25.7 Å². The lowest BCUT2D eigenvalue weighted by molar-refractivity contribution is -0.384. The van der Waals surface area contributed by atoms with E-state index >= 15 is 0 Å². The van der Waals surface area contributed by atoms with Crippen molar-refractivity contribution in [3.63, 3.8) is 0 Å². The van der Waals surface area contributed by atoms with Gasteiger partial charge >= 0.3 is 0 Å². The van der Waals surface area contributed by atoms with E-state index in [2.05, 4.69) is 6.07 Å². The normalized spacial score (nSPS) is 12.2. The zero-order chi connectivity index (χ0) is 12.3. The molecule has 0 aliphatic carbocycles. The lowest BCUT2D eigenvalue weighted by Gasteiger charge is -2.17. The van der Waals surface area contributed by atoms with E-state index < -0.39 is 11.0 Å². The molecule has 1 aromatic carbocycles. The van der Waals surface area contributed by atoms with Gasteiger partial charge in [0, 0.05) is 6.07 Å². The van der Waals surface area contributed by atoms with Crippen molar-refractivity contribution in [2.75, 3.05) is 14.1 Å². The van der Waals surface area contributed by atoms with Crippen LogP contribution in [0.15, 0.2) is 18.2 Å². The third-order valence-electron chi connectivity index (χ3n) is 2.12. The molecule has 0 amide bonds. The van der Waals surface area contributed by atoms with Gasteiger partial charge in [0.1, 0.15) is 11.1 Å². The Bertz CT molecular complexity index is 454. The summed E-state index contributed by atoms with van der Waals surface area (Å²) in [6.07, 6.45) is 0. The highest BCUT2D eigenvalue weighted by molar-refractivity contribution is 6.32. The predicted octanol–water partition coefficient (Wildman–Crippen LogP) is 2.37. The van der Waals surface area contributed by atoms with Crippen molar-refractivity contribution in [1.82, 2.24) is 4.90 Å². The summed E-state index contributed by atoms with van der Waals surface area (Å²) < 4.78 is 0. The maximum atomic E-state index is 10.7. The van der Waals surface area contributed by atoms with Crippen molar-refractivity contribution in [3.8, 4) is 6.07 Å². The lowest BCUT2D eigenvalue weighted by Crippen LogP contribution is -2.18. The number of nitrogens with zero attached hydrogens (tertiary/aromatic N) is 3. The maximum absolute atomic E-state index is 10.7. The van der Waals surface area contributed by atoms with Crippen molar-refractivity contribution in [1.29, 1.82) is 5.26 Å². The van der Waals surface area contributed by atoms with Gasteiger partial charge in [0.2, 0.25) is 0 Å². The summed E-state index contributed by atoms with van der Waals surface area (Å²) in [6, 6.07) is 5.92. The average Bonchev–Trinajstić information content (AvgIpc) is 2.20. The summed E-state index contributed by atoms with van der Waals surface area (Å²) in [7, 11) is 3.46. The van der Waals surface area contributed by atoms with Gasteiger partial charge < -0.3 is 0 Å². The first-order chi connectivity index (χ1) is 7.47. The summed E-state index contributed by atoms with van der Waals surface area (Å²) in [5.41, 5.74) is 0.380. The molecule has 0 bridgehead atoms. The van der Waals surface area contributed by atoms with Gasteiger partial charge in [0.15, 0.2) is 0 Å². The molecular weight excluding hydrogens is 230 g/mol. The fraction of sp³-hybridized carbons (Fsp3) is 0.300. The molecule has 1 aromatic rings. The van der Waals surface area contributed by atoms with E-state index in [0.29, 0.717) is 5.56 Å². The van der Waals surface area contributed by atoms with Gasteiger partial charge in [0.05, 0.1) is 11.0 Å². The summed E-state index contributed by atoms with van der Waals surface area (Å²) in [4.78, 5) is 11.8. The van der Waals surface area contributed by atoms with Crippen molar-refractivity contribution in [2.24, 2.45) is 0 Å². The van der Waals surface area contributed by atoms with Crippen LogP contribution in [0.1, 0.15) is 11.6 Å². The molecule has 16 heavy (non-hydrogen) atoms. The second-order valence-electron chi connectivity index (χ2n) is 3.46. The van der Waals surface area contributed by atoms with Crippen LogP contribution in [0.2, 0.25) is 5.02 Å². The van der Waals surface area contributed by atoms with E-state index in [0.717, 1.165) is 0 Å². The standard InChI is InChI=1S/C10H10ClN3O2/c1-13(2)10(6-12)7-3-4-8(11)9(5-7)14(15)16/h3-5,10H,1-2H3. The Kier molecular flexibility index (Phi) is 3.82. The first kappa shape index (κ1) is 12.4. The number of nitro groups is 1. The number of nitro benzene ring substituents is 1. The smallest absolute Gasteiger partial charge is 0.288 e. The van der Waals surface area contributed by atoms with Gasteiger partial charge in [-0.15, -0.1) is 0 Å². The second-order valence-corrected chi connectivity index (χ2v) is 3.87. The quantitative estimate of drug-likeness (QED) is 0.600. The van der Waals surface area contributed by atoms with Crippen LogP contribution in [-0.4, -0.2) is 23.9 Å². The van der Waals surface area contributed by atoms with Crippen LogP contribution >= 0.6 is 11.6 Å². The Morgan fingerprint density at radius 3 is 2.62 bits per heavy atom. The lowest BCUT2D eigenvalue weighted by atomic mass is 10.1. The van der Waals surface area contributed by atoms with Gasteiger partial charge in [-0.2, -0.15) is 5.26 Å². The number of halogens is 1. The molecule has 0 spiro atoms. The SMILES string of the molecule is CN(C)C(C#N)c1ccc(Cl)c([N+](=O)[O-])c1. The number of benzene rings is 1. The molecule has 1 rings (SSSR count). The number of hydrogen-bond donors (Lipinski definition) is 0. The van der Waals surface area contributed by atoms with Crippen LogP contribution in [0, 0.1) is 21.4 Å². The first-order valence-corrected chi connectivity index (χ1v) is 4.85. The number of hydrogen-bond acceptors (Lipinski definition) is 4. The van der Waals surface area contributed by atoms with E-state index in [1.165, 1.54) is 12.1 Å². The molecule has 0 aromatic heterocycles. The Morgan fingerprint density at radius 1 is 1.56 bits per heavy atom. The largest absolute Gasteiger partial charge is 0.291 e. The highest BCUT2D eigenvalue weighted by Crippen LogP contribution is 2.28. The maximum Gasteiger partial charge on any atom is 0.288 e. The average molecular weight is 240 g/mol. The van der Waals surface area contributed by atoms with Crippen LogP contribution in [0.25, 0.3) is 0 Å². The van der Waals surface area contributed by atoms with Gasteiger partial charge in [-0.1, -0.05) is 17.7 Å². The molecule has 0 aliphatic rings. The van der Waals surface area contributed by atoms with Crippen LogP contribution in [0.4, 0.5) is 5.69 Å². The fourth-order valence-corrected chi connectivity index (χ4v) is 1.51. The van der Waals surface area contributed by atoms with Crippen LogP contribution < -0.4 is 0 Å². The Hall–Kier alpha value is -1.64. The highest BCUT2D eigenvalue weighted by atomic mass is 35.5. The van der Waals surface area contributed by atoms with E-state index in [9.17, 15) is 10.1 Å². The van der Waals surface area contributed by atoms with Crippen molar-refractivity contribution in [3.05, 3.63) is 38.9 Å². The van der Waals surface area contributed by atoms with E-state index in [1.807, 2.05) is 0 Å². The summed E-state index contributed by atoms with van der Waals surface area (Å²) in [5, 5.41) is 19.7. The molecule has 84 valence electrons. The zero-order valence-electron chi connectivity index (χ0n) is 8.85. The molecule has 0 N–H and O–H groups in total. The van der Waals surface area contributed by atoms with Gasteiger partial charge in [-0.25, -0.2) is 0 Å². The Morgan fingerprint density at radius 2 is 2.19 bits per heavy atom. The minimum absolute atomic E-state index is 0.0733. The number of nitriles is 1. The van der Waals surface area contributed by atoms with E-state index in [4.69, 9.17) is 16.9 Å². The van der Waals surface area contributed by atoms with E-state index in [1.54, 1.807) is 25.1 Å².